The van der Waals surface area contributed by atoms with Crippen molar-refractivity contribution in [3.63, 3.8) is 0 Å². The van der Waals surface area contributed by atoms with Gasteiger partial charge in [0.2, 0.25) is 0 Å². The summed E-state index contributed by atoms with van der Waals surface area (Å²) < 4.78 is 0. The second-order valence-corrected chi connectivity index (χ2v) is 1.98. The maximum Gasteiger partial charge on any atom is 0 e. The van der Waals surface area contributed by atoms with E-state index >= 15 is 0 Å². The maximum atomic E-state index is 5.61. The fourth-order valence-corrected chi connectivity index (χ4v) is 0.783. The zero-order valence-corrected chi connectivity index (χ0v) is 12.6. The van der Waals surface area contributed by atoms with Gasteiger partial charge in [-0.2, -0.15) is 18.2 Å². The third kappa shape index (κ3) is 1.25. The molecule has 0 aromatic heterocycles. The Morgan fingerprint density at radius 3 is 2.70 bits per heavy atom. The molecular weight excluding hydrogens is 377 g/mol. The quantitative estimate of drug-likeness (QED) is 0.576. The summed E-state index contributed by atoms with van der Waals surface area (Å²) in [4.78, 5) is 0. The van der Waals surface area contributed by atoms with Crippen LogP contribution in [-0.2, 0) is 6.42 Å². The van der Waals surface area contributed by atoms with Crippen LogP contribution in [0, 0.1) is 6.07 Å². The van der Waals surface area contributed by atoms with E-state index in [1.54, 1.807) is 0 Å². The SMILES string of the molecule is CCc1c[c-]ccc1N.[Rf]. The van der Waals surface area contributed by atoms with E-state index < -0.39 is 0 Å². The van der Waals surface area contributed by atoms with E-state index in [-0.39, 0.29) is 0 Å². The minimum Gasteiger partial charge on any atom is -0.419 e. The van der Waals surface area contributed by atoms with Crippen LogP contribution in [0.2, 0.25) is 0 Å². The normalized spacial score (nSPS) is 8.50. The number of anilines is 1. The van der Waals surface area contributed by atoms with Gasteiger partial charge >= 0.3 is 0 Å². The van der Waals surface area contributed by atoms with Gasteiger partial charge in [-0.25, -0.2) is 0 Å². The summed E-state index contributed by atoms with van der Waals surface area (Å²) >= 11 is 0. The molecule has 0 spiro atoms. The molecule has 0 bridgehead atoms. The van der Waals surface area contributed by atoms with Crippen molar-refractivity contribution in [1.82, 2.24) is 0 Å². The van der Waals surface area contributed by atoms with Gasteiger partial charge in [-0.1, -0.05) is 19.0 Å². The fourth-order valence-electron chi connectivity index (χ4n) is 0.783. The van der Waals surface area contributed by atoms with E-state index in [0.29, 0.717) is 0 Å². The number of nitrogens with two attached hydrogens (primary N) is 1. The van der Waals surface area contributed by atoms with Crippen molar-refractivity contribution in [3.8, 4) is 0 Å². The summed E-state index contributed by atoms with van der Waals surface area (Å²) in [5.74, 6) is 0. The smallest absolute Gasteiger partial charge is 0 e. The van der Waals surface area contributed by atoms with Crippen LogP contribution < -0.4 is 5.73 Å². The van der Waals surface area contributed by atoms with Crippen molar-refractivity contribution in [2.24, 2.45) is 0 Å². The average Bonchev–Trinajstić information content (AvgIpc) is 1.89. The molecule has 50 valence electrons. The molecule has 1 rings (SSSR count). The molecule has 0 saturated carbocycles. The Bertz CT molecular complexity index is 198. The number of rotatable bonds is 1. The van der Waals surface area contributed by atoms with Crippen LogP contribution in [0.15, 0.2) is 18.2 Å². The standard InChI is InChI=1S/C8H10N.Rf/c1-2-7-5-3-4-6-8(7)9;/h4-6H,2,9H2,1H3;/q-1;. The molecular formula is C8H10NRf-. The van der Waals surface area contributed by atoms with Gasteiger partial charge in [-0.05, 0) is 0 Å². The van der Waals surface area contributed by atoms with Crippen LogP contribution in [0.3, 0.4) is 0 Å². The van der Waals surface area contributed by atoms with Crippen molar-refractivity contribution in [2.75, 3.05) is 5.73 Å². The van der Waals surface area contributed by atoms with Crippen LogP contribution >= 0.6 is 0 Å². The molecule has 0 aliphatic carbocycles. The topological polar surface area (TPSA) is 26.0 Å². The third-order valence-electron chi connectivity index (χ3n) is 1.37. The Balaban J connectivity index is 0.000000810. The van der Waals surface area contributed by atoms with E-state index in [2.05, 4.69) is 13.0 Å². The van der Waals surface area contributed by atoms with Crippen molar-refractivity contribution < 1.29 is 0 Å². The summed E-state index contributed by atoms with van der Waals surface area (Å²) in [6, 6.07) is 8.60. The fraction of sp³-hybridized carbons (Fsp3) is 0.250. The number of aryl methyl sites for hydroxylation is 1. The number of hydrogen-bond donors (Lipinski definition) is 1. The first-order valence-electron chi connectivity index (χ1n) is 3.09. The van der Waals surface area contributed by atoms with Gasteiger partial charge in [0.15, 0.2) is 0 Å². The molecule has 0 atom stereocenters. The van der Waals surface area contributed by atoms with Crippen LogP contribution in [0.1, 0.15) is 12.5 Å². The maximum absolute atomic E-state index is 5.61. The molecule has 10 heavy (non-hydrogen) atoms. The molecule has 0 unspecified atom stereocenters. The van der Waals surface area contributed by atoms with Gasteiger partial charge in [-0.3, -0.25) is 0 Å². The number of hydrogen-bond acceptors (Lipinski definition) is 1. The predicted molar refractivity (Wildman–Crippen MR) is 39.1 cm³/mol. The van der Waals surface area contributed by atoms with Crippen LogP contribution in [0.25, 0.3) is 0 Å². The molecule has 0 amide bonds. The predicted octanol–water partition coefficient (Wildman–Crippen LogP) is 1.63. The second-order valence-electron chi connectivity index (χ2n) is 1.98. The third-order valence-corrected chi connectivity index (χ3v) is 1.37. The Morgan fingerprint density at radius 2 is 2.30 bits per heavy atom. The zero-order chi connectivity index (χ0) is 6.69. The molecule has 2 N–H and O–H groups in total. The van der Waals surface area contributed by atoms with Crippen molar-refractivity contribution >= 4 is 5.69 Å². The van der Waals surface area contributed by atoms with Gasteiger partial charge in [0, 0.05) is 0 Å². The van der Waals surface area contributed by atoms with E-state index in [0.717, 1.165) is 12.1 Å². The molecule has 0 radical (unpaired) electrons. The van der Waals surface area contributed by atoms with Crippen molar-refractivity contribution in [3.05, 3.63) is 29.8 Å². The molecule has 0 saturated heterocycles. The first-order chi connectivity index (χ1) is 4.34. The summed E-state index contributed by atoms with van der Waals surface area (Å²) in [5, 5.41) is 0. The molecule has 0 fully saturated rings. The minimum atomic E-state index is 0. The van der Waals surface area contributed by atoms with Crippen LogP contribution in [0.4, 0.5) is 5.69 Å². The van der Waals surface area contributed by atoms with Crippen molar-refractivity contribution in [2.45, 2.75) is 13.3 Å². The van der Waals surface area contributed by atoms with Gasteiger partial charge in [0.25, 0.3) is 0 Å². The minimum absolute atomic E-state index is 0. The molecule has 1 aromatic rings. The van der Waals surface area contributed by atoms with E-state index in [9.17, 15) is 0 Å². The molecule has 0 aliphatic heterocycles. The number of nitrogen functional groups attached to an aromatic ring is 1. The van der Waals surface area contributed by atoms with E-state index in [1.165, 1.54) is 5.56 Å². The van der Waals surface area contributed by atoms with Gasteiger partial charge in [0.05, 0.1) is 0 Å². The van der Waals surface area contributed by atoms with E-state index in [1.807, 2.05) is 18.2 Å². The Morgan fingerprint density at radius 1 is 1.60 bits per heavy atom. The monoisotopic (exact) mass is 387 g/mol. The molecule has 1 aromatic carbocycles. The van der Waals surface area contributed by atoms with Crippen LogP contribution in [0.5, 0.6) is 0 Å². The summed E-state index contributed by atoms with van der Waals surface area (Å²) in [7, 11) is 0. The largest absolute Gasteiger partial charge is 0.419 e. The number of benzene rings is 1. The Kier molecular flexibility index (Phi) is 2.51. The first kappa shape index (κ1) is 8.02. The van der Waals surface area contributed by atoms with Gasteiger partial charge < -0.3 is 5.73 Å². The van der Waals surface area contributed by atoms with Gasteiger partial charge in [0.1, 0.15) is 0 Å². The molecule has 2 heteroatoms. The summed E-state index contributed by atoms with van der Waals surface area (Å²) in [6.45, 7) is 2.08. The molecule has 0 aliphatic rings. The first-order valence-corrected chi connectivity index (χ1v) is 3.09. The van der Waals surface area contributed by atoms with Crippen LogP contribution in [-0.4, -0.2) is 0 Å². The zero-order valence-electron chi connectivity index (χ0n) is 6.22. The van der Waals surface area contributed by atoms with E-state index in [4.69, 9.17) is 5.73 Å². The second kappa shape index (κ2) is 3.13. The average molecular weight is 387 g/mol. The molecule has 0 heterocycles. The van der Waals surface area contributed by atoms with Gasteiger partial charge in [-0.15, -0.1) is 11.6 Å². The summed E-state index contributed by atoms with van der Waals surface area (Å²) in [6.07, 6.45) is 0.989. The summed E-state index contributed by atoms with van der Waals surface area (Å²) in [5.41, 5.74) is 7.66. The Hall–Kier alpha value is -1.98. The Labute approximate surface area is 55.5 Å². The van der Waals surface area contributed by atoms with Crippen molar-refractivity contribution in [1.29, 1.82) is 0 Å². The molecule has 1 nitrogen and oxygen atoms in total.